The van der Waals surface area contributed by atoms with Crippen molar-refractivity contribution < 1.29 is 34.0 Å². The minimum absolute atomic E-state index is 0.00968. The van der Waals surface area contributed by atoms with Crippen molar-refractivity contribution in [3.63, 3.8) is 0 Å². The molecule has 1 aromatic rings. The quantitative estimate of drug-likeness (QED) is 0.617. The predicted octanol–water partition coefficient (Wildman–Crippen LogP) is 0.796. The molecule has 1 rings (SSSR count). The van der Waals surface area contributed by atoms with E-state index < -0.39 is 12.1 Å². The smallest absolute Gasteiger partial charge is 0.335 e. The third-order valence-corrected chi connectivity index (χ3v) is 2.58. The molecule has 0 bridgehead atoms. The molecule has 0 aliphatic rings. The highest BCUT2D eigenvalue weighted by atomic mass is 16.5. The fraction of sp³-hybridized carbons (Fsp3) is 0.500. The lowest BCUT2D eigenvalue weighted by Crippen LogP contribution is -2.24. The summed E-state index contributed by atoms with van der Waals surface area (Å²) >= 11 is 0. The monoisotopic (exact) mass is 300 g/mol. The van der Waals surface area contributed by atoms with Crippen LogP contribution < -0.4 is 9.47 Å². The lowest BCUT2D eigenvalue weighted by molar-refractivity contribution is -0.00450. The molecule has 0 fully saturated rings. The van der Waals surface area contributed by atoms with Crippen LogP contribution in [0.25, 0.3) is 0 Å². The highest BCUT2D eigenvalue weighted by Gasteiger charge is 2.12. The van der Waals surface area contributed by atoms with Gasteiger partial charge in [-0.05, 0) is 18.2 Å². The zero-order chi connectivity index (χ0) is 15.7. The Kier molecular flexibility index (Phi) is 7.52. The van der Waals surface area contributed by atoms with Crippen molar-refractivity contribution in [1.29, 1.82) is 0 Å². The number of carboxylic acids is 1. The first-order valence-electron chi connectivity index (χ1n) is 6.37. The Morgan fingerprint density at radius 1 is 1.19 bits per heavy atom. The number of benzene rings is 1. The normalized spacial score (nSPS) is 12.0. The van der Waals surface area contributed by atoms with Gasteiger partial charge in [0, 0.05) is 7.11 Å². The van der Waals surface area contributed by atoms with E-state index in [-0.39, 0.29) is 18.8 Å². The highest BCUT2D eigenvalue weighted by molar-refractivity contribution is 5.88. The van der Waals surface area contributed by atoms with Crippen LogP contribution in [0.3, 0.4) is 0 Å². The Morgan fingerprint density at radius 2 is 1.95 bits per heavy atom. The summed E-state index contributed by atoms with van der Waals surface area (Å²) < 4.78 is 20.4. The van der Waals surface area contributed by atoms with Crippen LogP contribution in [0.1, 0.15) is 10.4 Å². The highest BCUT2D eigenvalue weighted by Crippen LogP contribution is 2.28. The summed E-state index contributed by atoms with van der Waals surface area (Å²) in [6.45, 7) is 0.983. The SMILES string of the molecule is COCCOCC(O)COc1ccc(C(=O)O)cc1OC. The first-order valence-corrected chi connectivity index (χ1v) is 6.37. The Hall–Kier alpha value is -1.83. The second-order valence-corrected chi connectivity index (χ2v) is 4.20. The molecule has 118 valence electrons. The molecule has 2 N–H and O–H groups in total. The minimum atomic E-state index is -1.05. The van der Waals surface area contributed by atoms with Crippen LogP contribution in [0.2, 0.25) is 0 Å². The maximum absolute atomic E-state index is 10.9. The van der Waals surface area contributed by atoms with Gasteiger partial charge in [-0.25, -0.2) is 4.79 Å². The fourth-order valence-electron chi connectivity index (χ4n) is 1.52. The van der Waals surface area contributed by atoms with Crippen molar-refractivity contribution in [2.75, 3.05) is 40.6 Å². The summed E-state index contributed by atoms with van der Waals surface area (Å²) in [4.78, 5) is 10.9. The van der Waals surface area contributed by atoms with Gasteiger partial charge in [0.1, 0.15) is 12.7 Å². The maximum Gasteiger partial charge on any atom is 0.335 e. The molecule has 0 aliphatic carbocycles. The van der Waals surface area contributed by atoms with E-state index in [2.05, 4.69) is 0 Å². The average molecular weight is 300 g/mol. The van der Waals surface area contributed by atoms with Gasteiger partial charge in [-0.3, -0.25) is 0 Å². The number of hydrogen-bond donors (Lipinski definition) is 2. The maximum atomic E-state index is 10.9. The van der Waals surface area contributed by atoms with Gasteiger partial charge in [-0.1, -0.05) is 0 Å². The lowest BCUT2D eigenvalue weighted by Gasteiger charge is -2.15. The summed E-state index contributed by atoms with van der Waals surface area (Å²) in [6.07, 6.45) is -0.800. The van der Waals surface area contributed by atoms with Gasteiger partial charge in [0.2, 0.25) is 0 Å². The fourth-order valence-corrected chi connectivity index (χ4v) is 1.52. The van der Waals surface area contributed by atoms with E-state index in [1.165, 1.54) is 25.3 Å². The topological polar surface area (TPSA) is 94.5 Å². The molecule has 1 aromatic carbocycles. The average Bonchev–Trinajstić information content (AvgIpc) is 2.49. The van der Waals surface area contributed by atoms with Gasteiger partial charge in [0.25, 0.3) is 0 Å². The van der Waals surface area contributed by atoms with Crippen molar-refractivity contribution in [3.8, 4) is 11.5 Å². The number of carboxylic acid groups (broad SMARTS) is 1. The van der Waals surface area contributed by atoms with E-state index in [1.807, 2.05) is 0 Å². The molecule has 0 amide bonds. The number of aromatic carboxylic acids is 1. The van der Waals surface area contributed by atoms with Gasteiger partial charge >= 0.3 is 5.97 Å². The van der Waals surface area contributed by atoms with Crippen LogP contribution in [0, 0.1) is 0 Å². The number of aliphatic hydroxyl groups excluding tert-OH is 1. The van der Waals surface area contributed by atoms with Crippen molar-refractivity contribution in [3.05, 3.63) is 23.8 Å². The summed E-state index contributed by atoms with van der Waals surface area (Å²) in [5.74, 6) is -0.396. The lowest BCUT2D eigenvalue weighted by atomic mass is 10.2. The molecule has 7 nitrogen and oxygen atoms in total. The molecule has 0 spiro atoms. The van der Waals surface area contributed by atoms with Gasteiger partial charge in [-0.2, -0.15) is 0 Å². The third-order valence-electron chi connectivity index (χ3n) is 2.58. The van der Waals surface area contributed by atoms with Gasteiger partial charge in [0.15, 0.2) is 11.5 Å². The van der Waals surface area contributed by atoms with E-state index in [0.717, 1.165) is 0 Å². The van der Waals surface area contributed by atoms with Gasteiger partial charge in [0.05, 0.1) is 32.5 Å². The zero-order valence-electron chi connectivity index (χ0n) is 12.1. The van der Waals surface area contributed by atoms with Crippen LogP contribution in [0.5, 0.6) is 11.5 Å². The predicted molar refractivity (Wildman–Crippen MR) is 74.2 cm³/mol. The molecule has 1 unspecified atom stereocenters. The summed E-state index contributed by atoms with van der Waals surface area (Å²) in [6, 6.07) is 4.25. The van der Waals surface area contributed by atoms with Crippen molar-refractivity contribution in [2.45, 2.75) is 6.10 Å². The van der Waals surface area contributed by atoms with E-state index in [4.69, 9.17) is 24.1 Å². The largest absolute Gasteiger partial charge is 0.493 e. The van der Waals surface area contributed by atoms with Crippen LogP contribution in [0.4, 0.5) is 0 Å². The van der Waals surface area contributed by atoms with Crippen LogP contribution in [0.15, 0.2) is 18.2 Å². The third kappa shape index (κ3) is 5.99. The van der Waals surface area contributed by atoms with Crippen molar-refractivity contribution >= 4 is 5.97 Å². The van der Waals surface area contributed by atoms with E-state index in [1.54, 1.807) is 7.11 Å². The van der Waals surface area contributed by atoms with Crippen molar-refractivity contribution in [1.82, 2.24) is 0 Å². The molecule has 0 aliphatic heterocycles. The van der Waals surface area contributed by atoms with Crippen LogP contribution >= 0.6 is 0 Å². The molecular weight excluding hydrogens is 280 g/mol. The Bertz CT molecular complexity index is 447. The van der Waals surface area contributed by atoms with E-state index in [9.17, 15) is 9.90 Å². The molecule has 21 heavy (non-hydrogen) atoms. The van der Waals surface area contributed by atoms with Gasteiger partial charge < -0.3 is 29.2 Å². The molecule has 1 atom stereocenters. The summed E-state index contributed by atoms with van der Waals surface area (Å²) in [7, 11) is 2.98. The number of carbonyl (C=O) groups is 1. The minimum Gasteiger partial charge on any atom is -0.493 e. The van der Waals surface area contributed by atoms with E-state index in [0.29, 0.717) is 24.7 Å². The standard InChI is InChI=1S/C14H20O7/c1-18-5-6-20-8-11(15)9-21-12-4-3-10(14(16)17)7-13(12)19-2/h3-4,7,11,15H,5-6,8-9H2,1-2H3,(H,16,17). The van der Waals surface area contributed by atoms with E-state index >= 15 is 0 Å². The number of ether oxygens (including phenoxy) is 4. The first kappa shape index (κ1) is 17.2. The molecule has 0 heterocycles. The second-order valence-electron chi connectivity index (χ2n) is 4.20. The number of hydrogen-bond acceptors (Lipinski definition) is 6. The van der Waals surface area contributed by atoms with Gasteiger partial charge in [-0.15, -0.1) is 0 Å². The summed E-state index contributed by atoms with van der Waals surface area (Å²) in [5, 5.41) is 18.6. The Morgan fingerprint density at radius 3 is 2.57 bits per heavy atom. The van der Waals surface area contributed by atoms with Crippen LogP contribution in [-0.2, 0) is 9.47 Å². The second kappa shape index (κ2) is 9.17. The molecule has 7 heteroatoms. The molecule has 0 saturated carbocycles. The van der Waals surface area contributed by atoms with Crippen molar-refractivity contribution in [2.24, 2.45) is 0 Å². The van der Waals surface area contributed by atoms with Crippen LogP contribution in [-0.4, -0.2) is 62.9 Å². The number of aliphatic hydroxyl groups is 1. The zero-order valence-corrected chi connectivity index (χ0v) is 12.1. The first-order chi connectivity index (χ1) is 10.1. The molecule has 0 aromatic heterocycles. The number of rotatable bonds is 10. The Labute approximate surface area is 123 Å². The number of methoxy groups -OCH3 is 2. The molecular formula is C14H20O7. The molecule has 0 radical (unpaired) electrons. The molecule has 0 saturated heterocycles. The Balaban J connectivity index is 2.49. The summed E-state index contributed by atoms with van der Waals surface area (Å²) in [5.41, 5.74) is 0.0997.